The first-order valence-corrected chi connectivity index (χ1v) is 24.5. The van der Waals surface area contributed by atoms with Crippen LogP contribution in [0.1, 0.15) is 22.5 Å². The van der Waals surface area contributed by atoms with Crippen LogP contribution in [0.15, 0.2) is 237 Å². The average molecular weight is 918 g/mol. The number of hydrogen-bond donors (Lipinski definition) is 0. The second-order valence-electron chi connectivity index (χ2n) is 19.0. The molecule has 1 aliphatic carbocycles. The van der Waals surface area contributed by atoms with Crippen LogP contribution in [0.25, 0.3) is 117 Å². The van der Waals surface area contributed by atoms with Crippen molar-refractivity contribution in [1.29, 1.82) is 0 Å². The van der Waals surface area contributed by atoms with Crippen molar-refractivity contribution < 1.29 is 0 Å². The molecule has 0 atom stereocenters. The van der Waals surface area contributed by atoms with Crippen molar-refractivity contribution in [3.8, 4) is 62.4 Å². The molecule has 72 heavy (non-hydrogen) atoms. The Bertz CT molecular complexity index is 4460. The van der Waals surface area contributed by atoms with Crippen LogP contribution >= 0.6 is 0 Å². The fourth-order valence-corrected chi connectivity index (χ4v) is 12.3. The zero-order chi connectivity index (χ0) is 47.1. The maximum absolute atomic E-state index is 5.68. The maximum Gasteiger partial charge on any atom is 0.238 e. The first kappa shape index (κ1) is 39.2. The number of nitrogens with zero attached hydrogens (tertiary/aromatic N) is 7. The van der Waals surface area contributed by atoms with E-state index in [1.54, 1.807) is 0 Å². The molecule has 1 aliphatic heterocycles. The topological polar surface area (TPSA) is 66.3 Å². The Morgan fingerprint density at radius 1 is 0.319 bits per heavy atom. The van der Waals surface area contributed by atoms with Crippen molar-refractivity contribution in [3.05, 3.63) is 259 Å². The van der Waals surface area contributed by atoms with Gasteiger partial charge in [0.25, 0.3) is 0 Å². The molecule has 2 aliphatic rings. The zero-order valence-corrected chi connectivity index (χ0v) is 38.6. The van der Waals surface area contributed by atoms with E-state index >= 15 is 0 Å². The molecule has 0 N–H and O–H groups in total. The number of fused-ring (bicyclic) bond motifs is 18. The maximum atomic E-state index is 5.68. The Labute approximate surface area is 413 Å². The summed E-state index contributed by atoms with van der Waals surface area (Å²) < 4.78 is 7.09. The Morgan fingerprint density at radius 3 is 1.57 bits per heavy atom. The SMILES string of the molecule is c1ccc(-c2nc(-c3ccccc3)nc(-n3c4ccc(-c5cccc6nc7n(c56)-c5ccccc5C75c6ccccc6-c6ccccc65)cc4c4cc5c(cc43)c3ccccc3n5-c3ccccc3)n2)cc1. The van der Waals surface area contributed by atoms with Gasteiger partial charge in [-0.25, -0.2) is 9.97 Å². The van der Waals surface area contributed by atoms with E-state index in [1.807, 2.05) is 36.4 Å². The van der Waals surface area contributed by atoms with E-state index in [-0.39, 0.29) is 0 Å². The molecular weight excluding hydrogens is 879 g/mol. The fourth-order valence-electron chi connectivity index (χ4n) is 12.3. The van der Waals surface area contributed by atoms with E-state index in [1.165, 1.54) is 33.2 Å². The van der Waals surface area contributed by atoms with E-state index in [9.17, 15) is 0 Å². The number of hydrogen-bond acceptors (Lipinski definition) is 4. The quantitative estimate of drug-likeness (QED) is 0.172. The molecule has 0 saturated heterocycles. The van der Waals surface area contributed by atoms with Gasteiger partial charge in [0.1, 0.15) is 11.2 Å². The molecule has 1 spiro atoms. The minimum absolute atomic E-state index is 0.552. The summed E-state index contributed by atoms with van der Waals surface area (Å²) in [6, 6.07) is 84.7. The van der Waals surface area contributed by atoms with Crippen molar-refractivity contribution >= 4 is 54.6 Å². The van der Waals surface area contributed by atoms with E-state index < -0.39 is 5.41 Å². The van der Waals surface area contributed by atoms with E-state index in [0.717, 1.165) is 88.7 Å². The van der Waals surface area contributed by atoms with Crippen LogP contribution in [-0.4, -0.2) is 33.6 Å². The highest BCUT2D eigenvalue weighted by Crippen LogP contribution is 2.60. The summed E-state index contributed by atoms with van der Waals surface area (Å²) in [7, 11) is 0. The van der Waals surface area contributed by atoms with Crippen molar-refractivity contribution in [2.75, 3.05) is 0 Å². The number of rotatable bonds is 5. The Kier molecular flexibility index (Phi) is 7.97. The first-order valence-electron chi connectivity index (χ1n) is 24.5. The number of benzene rings is 10. The molecular formula is C65H39N7. The third-order valence-electron chi connectivity index (χ3n) is 15.3. The van der Waals surface area contributed by atoms with Crippen LogP contribution in [0.4, 0.5) is 0 Å². The van der Waals surface area contributed by atoms with Gasteiger partial charge < -0.3 is 4.57 Å². The Balaban J connectivity index is 0.996. The smallest absolute Gasteiger partial charge is 0.238 e. The lowest BCUT2D eigenvalue weighted by Crippen LogP contribution is -2.27. The highest BCUT2D eigenvalue weighted by atomic mass is 15.2. The monoisotopic (exact) mass is 917 g/mol. The summed E-state index contributed by atoms with van der Waals surface area (Å²) in [6.45, 7) is 0. The van der Waals surface area contributed by atoms with Crippen molar-refractivity contribution in [3.63, 3.8) is 0 Å². The molecule has 7 heteroatoms. The molecule has 10 aromatic carbocycles. The van der Waals surface area contributed by atoms with Crippen molar-refractivity contribution in [2.45, 2.75) is 5.41 Å². The number of imidazole rings is 1. The minimum atomic E-state index is -0.568. The lowest BCUT2D eigenvalue weighted by molar-refractivity contribution is 0.738. The second-order valence-corrected chi connectivity index (χ2v) is 19.0. The molecule has 0 fully saturated rings. The number of para-hydroxylation sites is 4. The van der Waals surface area contributed by atoms with Gasteiger partial charge in [0.05, 0.1) is 38.8 Å². The van der Waals surface area contributed by atoms with Crippen LogP contribution in [0, 0.1) is 0 Å². The lowest BCUT2D eigenvalue weighted by atomic mass is 9.73. The van der Waals surface area contributed by atoms with Crippen LogP contribution in [0.2, 0.25) is 0 Å². The lowest BCUT2D eigenvalue weighted by Gasteiger charge is -2.27. The molecule has 334 valence electrons. The molecule has 0 radical (unpaired) electrons. The molecule has 7 nitrogen and oxygen atoms in total. The Hall–Kier alpha value is -9.72. The van der Waals surface area contributed by atoms with Crippen LogP contribution in [0.3, 0.4) is 0 Å². The van der Waals surface area contributed by atoms with Crippen LogP contribution < -0.4 is 0 Å². The zero-order valence-electron chi connectivity index (χ0n) is 38.6. The first-order chi connectivity index (χ1) is 35.7. The van der Waals surface area contributed by atoms with Gasteiger partial charge in [-0.3, -0.25) is 9.13 Å². The highest BCUT2D eigenvalue weighted by Gasteiger charge is 2.54. The third kappa shape index (κ3) is 5.23. The van der Waals surface area contributed by atoms with Gasteiger partial charge in [0, 0.05) is 43.9 Å². The molecule has 0 amide bonds. The van der Waals surface area contributed by atoms with Gasteiger partial charge in [-0.1, -0.05) is 182 Å². The van der Waals surface area contributed by atoms with E-state index in [4.69, 9.17) is 19.9 Å². The van der Waals surface area contributed by atoms with Crippen LogP contribution in [0.5, 0.6) is 0 Å². The fraction of sp³-hybridized carbons (Fsp3) is 0.0154. The normalized spacial score (nSPS) is 13.1. The summed E-state index contributed by atoms with van der Waals surface area (Å²) in [4.78, 5) is 21.4. The summed E-state index contributed by atoms with van der Waals surface area (Å²) in [5.74, 6) is 2.80. The van der Waals surface area contributed by atoms with Crippen molar-refractivity contribution in [2.24, 2.45) is 0 Å². The highest BCUT2D eigenvalue weighted by molar-refractivity contribution is 6.19. The molecule has 0 bridgehead atoms. The van der Waals surface area contributed by atoms with Crippen molar-refractivity contribution in [1.82, 2.24) is 33.6 Å². The van der Waals surface area contributed by atoms with Gasteiger partial charge in [-0.05, 0) is 88.0 Å². The molecule has 16 rings (SSSR count). The van der Waals surface area contributed by atoms with Gasteiger partial charge in [-0.2, -0.15) is 9.97 Å². The minimum Gasteiger partial charge on any atom is -0.309 e. The van der Waals surface area contributed by atoms with E-state index in [2.05, 4.69) is 214 Å². The molecule has 5 heterocycles. The predicted molar refractivity (Wildman–Crippen MR) is 290 cm³/mol. The standard InChI is InChI=1S/C65H39N7/c1-4-19-40(20-5-1)61-67-62(41-21-6-2-7-22-41)69-64(68-61)71-56-36-35-42(37-48(56)50-39-58-49(38-59(50)71)47-27-12-16-33-55(47)70(58)43-23-8-3-9-24-43)44-28-18-32-54-60(44)72-57-34-17-15-31-53(57)65(63(72)66-54)51-29-13-10-25-45(51)46-26-11-14-30-52(46)65/h1-39H. The summed E-state index contributed by atoms with van der Waals surface area (Å²) in [6.07, 6.45) is 0. The van der Waals surface area contributed by atoms with Gasteiger partial charge in [0.2, 0.25) is 5.95 Å². The largest absolute Gasteiger partial charge is 0.309 e. The predicted octanol–water partition coefficient (Wildman–Crippen LogP) is 15.1. The third-order valence-corrected chi connectivity index (χ3v) is 15.3. The molecule has 0 unspecified atom stereocenters. The van der Waals surface area contributed by atoms with Crippen LogP contribution in [-0.2, 0) is 5.41 Å². The summed E-state index contributed by atoms with van der Waals surface area (Å²) in [5, 5.41) is 4.50. The Morgan fingerprint density at radius 2 is 0.861 bits per heavy atom. The molecule has 14 aromatic rings. The second kappa shape index (κ2) is 14.7. The molecule has 4 aromatic heterocycles. The molecule has 0 saturated carbocycles. The average Bonchev–Trinajstić information content (AvgIpc) is 4.23. The summed E-state index contributed by atoms with van der Waals surface area (Å²) in [5.41, 5.74) is 18.4. The summed E-state index contributed by atoms with van der Waals surface area (Å²) >= 11 is 0. The van der Waals surface area contributed by atoms with E-state index in [0.29, 0.717) is 17.6 Å². The van der Waals surface area contributed by atoms with Gasteiger partial charge >= 0.3 is 0 Å². The van der Waals surface area contributed by atoms with Gasteiger partial charge in [0.15, 0.2) is 11.6 Å². The van der Waals surface area contributed by atoms with Gasteiger partial charge in [-0.15, -0.1) is 0 Å². The number of aromatic nitrogens is 7.